The van der Waals surface area contributed by atoms with Gasteiger partial charge in [0.15, 0.2) is 0 Å². The van der Waals surface area contributed by atoms with Crippen LogP contribution in [-0.2, 0) is 11.3 Å². The van der Waals surface area contributed by atoms with Gasteiger partial charge in [-0.3, -0.25) is 9.69 Å². The summed E-state index contributed by atoms with van der Waals surface area (Å²) >= 11 is 0. The molecule has 0 aliphatic carbocycles. The standard InChI is InChI=1S/C28H29FN4O2/c1-18(34)31-22-6-3-19(4-7-22)17-33-13-10-20(11-14-33)26-16-25-23(9-12-30-28(25)32-26)24-15-21(29)5-8-27(24)35-2/h3-9,12,15-16,20H,10-11,13-14,17H2,1-2H3,(H,30,32)(H,31,34). The van der Waals surface area contributed by atoms with Crippen molar-refractivity contribution in [2.45, 2.75) is 32.2 Å². The molecule has 0 spiro atoms. The first-order valence-electron chi connectivity index (χ1n) is 11.9. The van der Waals surface area contributed by atoms with E-state index in [0.29, 0.717) is 11.7 Å². The van der Waals surface area contributed by atoms with Crippen LogP contribution < -0.4 is 10.1 Å². The van der Waals surface area contributed by atoms with Crippen LogP contribution in [0.1, 0.15) is 36.9 Å². The van der Waals surface area contributed by atoms with Gasteiger partial charge >= 0.3 is 0 Å². The smallest absolute Gasteiger partial charge is 0.221 e. The zero-order valence-electron chi connectivity index (χ0n) is 20.0. The van der Waals surface area contributed by atoms with Crippen molar-refractivity contribution in [1.29, 1.82) is 0 Å². The van der Waals surface area contributed by atoms with Gasteiger partial charge in [0, 0.05) is 47.9 Å². The summed E-state index contributed by atoms with van der Waals surface area (Å²) in [5.74, 6) is 0.706. The lowest BCUT2D eigenvalue weighted by Crippen LogP contribution is -2.32. The minimum atomic E-state index is -0.293. The van der Waals surface area contributed by atoms with Crippen LogP contribution in [0.2, 0.25) is 0 Å². The topological polar surface area (TPSA) is 70.2 Å². The molecular formula is C28H29FN4O2. The molecular weight excluding hydrogens is 443 g/mol. The number of aromatic nitrogens is 2. The molecule has 1 fully saturated rings. The number of amides is 1. The molecule has 180 valence electrons. The first-order valence-corrected chi connectivity index (χ1v) is 11.9. The zero-order valence-corrected chi connectivity index (χ0v) is 20.0. The number of pyridine rings is 1. The number of halogens is 1. The number of hydrogen-bond acceptors (Lipinski definition) is 4. The highest BCUT2D eigenvalue weighted by Crippen LogP contribution is 2.37. The maximum absolute atomic E-state index is 14.0. The number of nitrogens with one attached hydrogen (secondary N) is 2. The maximum atomic E-state index is 14.0. The minimum Gasteiger partial charge on any atom is -0.496 e. The quantitative estimate of drug-likeness (QED) is 0.377. The summed E-state index contributed by atoms with van der Waals surface area (Å²) in [5, 5.41) is 3.79. The Morgan fingerprint density at radius 1 is 1.11 bits per heavy atom. The number of likely N-dealkylation sites (tertiary alicyclic amines) is 1. The number of methoxy groups -OCH3 is 1. The molecule has 0 atom stereocenters. The number of benzene rings is 2. The van der Waals surface area contributed by atoms with Crippen LogP contribution in [0.3, 0.4) is 0 Å². The summed E-state index contributed by atoms with van der Waals surface area (Å²) in [6.07, 6.45) is 3.85. The molecule has 0 unspecified atom stereocenters. The van der Waals surface area contributed by atoms with Gasteiger partial charge in [0.25, 0.3) is 0 Å². The van der Waals surface area contributed by atoms with E-state index in [-0.39, 0.29) is 11.7 Å². The molecule has 1 aliphatic heterocycles. The third-order valence-electron chi connectivity index (χ3n) is 6.71. The van der Waals surface area contributed by atoms with Gasteiger partial charge in [-0.2, -0.15) is 0 Å². The molecule has 4 aromatic rings. The maximum Gasteiger partial charge on any atom is 0.221 e. The Kier molecular flexibility index (Phi) is 6.51. The monoisotopic (exact) mass is 472 g/mol. The second-order valence-electron chi connectivity index (χ2n) is 9.12. The average molecular weight is 473 g/mol. The van der Waals surface area contributed by atoms with Gasteiger partial charge < -0.3 is 15.0 Å². The molecule has 0 bridgehead atoms. The van der Waals surface area contributed by atoms with Crippen molar-refractivity contribution in [3.05, 3.63) is 77.9 Å². The number of aromatic amines is 1. The number of fused-ring (bicyclic) bond motifs is 1. The summed E-state index contributed by atoms with van der Waals surface area (Å²) in [5.41, 5.74) is 5.68. The predicted molar refractivity (Wildman–Crippen MR) is 136 cm³/mol. The van der Waals surface area contributed by atoms with Crippen molar-refractivity contribution in [2.24, 2.45) is 0 Å². The van der Waals surface area contributed by atoms with E-state index in [1.54, 1.807) is 19.4 Å². The highest BCUT2D eigenvalue weighted by atomic mass is 19.1. The molecule has 2 N–H and O–H groups in total. The van der Waals surface area contributed by atoms with Gasteiger partial charge in [-0.05, 0) is 79.5 Å². The van der Waals surface area contributed by atoms with E-state index >= 15 is 0 Å². The summed E-state index contributed by atoms with van der Waals surface area (Å²) in [6, 6.07) is 16.7. The molecule has 1 saturated heterocycles. The lowest BCUT2D eigenvalue weighted by atomic mass is 9.93. The predicted octanol–water partition coefficient (Wildman–Crippen LogP) is 5.72. The SMILES string of the molecule is COc1ccc(F)cc1-c1ccnc2[nH]c(C3CCN(Cc4ccc(NC(C)=O)cc4)CC3)cc12. The van der Waals surface area contributed by atoms with Crippen LogP contribution in [0.5, 0.6) is 5.75 Å². The van der Waals surface area contributed by atoms with Crippen molar-refractivity contribution in [2.75, 3.05) is 25.5 Å². The van der Waals surface area contributed by atoms with Crippen molar-refractivity contribution in [3.63, 3.8) is 0 Å². The molecule has 2 aromatic carbocycles. The van der Waals surface area contributed by atoms with E-state index in [2.05, 4.69) is 38.4 Å². The van der Waals surface area contributed by atoms with Gasteiger partial charge in [-0.1, -0.05) is 12.1 Å². The highest BCUT2D eigenvalue weighted by Gasteiger charge is 2.23. The van der Waals surface area contributed by atoms with Crippen LogP contribution in [0.15, 0.2) is 60.8 Å². The number of anilines is 1. The normalized spacial score (nSPS) is 14.8. The van der Waals surface area contributed by atoms with Gasteiger partial charge in [0.1, 0.15) is 17.2 Å². The van der Waals surface area contributed by atoms with E-state index in [1.807, 2.05) is 18.2 Å². The Bertz CT molecular complexity index is 1340. The Morgan fingerprint density at radius 2 is 1.89 bits per heavy atom. The van der Waals surface area contributed by atoms with Crippen molar-refractivity contribution in [1.82, 2.24) is 14.9 Å². The second kappa shape index (κ2) is 9.88. The summed E-state index contributed by atoms with van der Waals surface area (Å²) in [6.45, 7) is 4.42. The summed E-state index contributed by atoms with van der Waals surface area (Å²) in [4.78, 5) is 21.7. The number of H-pyrrole nitrogens is 1. The molecule has 2 aromatic heterocycles. The molecule has 1 amide bonds. The average Bonchev–Trinajstić information content (AvgIpc) is 3.30. The molecule has 0 saturated carbocycles. The lowest BCUT2D eigenvalue weighted by molar-refractivity contribution is -0.114. The van der Waals surface area contributed by atoms with E-state index < -0.39 is 0 Å². The Labute approximate surface area is 204 Å². The first-order chi connectivity index (χ1) is 17.0. The largest absolute Gasteiger partial charge is 0.496 e. The number of carbonyl (C=O) groups excluding carboxylic acids is 1. The van der Waals surface area contributed by atoms with Gasteiger partial charge in [0.2, 0.25) is 5.91 Å². The van der Waals surface area contributed by atoms with Crippen molar-refractivity contribution in [3.8, 4) is 16.9 Å². The molecule has 0 radical (unpaired) electrons. The third-order valence-corrected chi connectivity index (χ3v) is 6.71. The number of rotatable bonds is 6. The number of nitrogens with zero attached hydrogens (tertiary/aromatic N) is 2. The van der Waals surface area contributed by atoms with E-state index in [4.69, 9.17) is 4.74 Å². The minimum absolute atomic E-state index is 0.0609. The molecule has 5 rings (SSSR count). The molecule has 35 heavy (non-hydrogen) atoms. The second-order valence-corrected chi connectivity index (χ2v) is 9.12. The molecule has 3 heterocycles. The van der Waals surface area contributed by atoms with Crippen molar-refractivity contribution >= 4 is 22.6 Å². The van der Waals surface area contributed by atoms with Crippen LogP contribution in [0.25, 0.3) is 22.2 Å². The van der Waals surface area contributed by atoms with Crippen LogP contribution >= 0.6 is 0 Å². The molecule has 7 heteroatoms. The van der Waals surface area contributed by atoms with Gasteiger partial charge in [-0.25, -0.2) is 9.37 Å². The Balaban J connectivity index is 1.29. The number of ether oxygens (including phenoxy) is 1. The Hall–Kier alpha value is -3.71. The number of hydrogen-bond donors (Lipinski definition) is 2. The van der Waals surface area contributed by atoms with Crippen LogP contribution in [0, 0.1) is 5.82 Å². The van der Waals surface area contributed by atoms with Crippen molar-refractivity contribution < 1.29 is 13.9 Å². The zero-order chi connectivity index (χ0) is 24.4. The summed E-state index contributed by atoms with van der Waals surface area (Å²) in [7, 11) is 1.60. The highest BCUT2D eigenvalue weighted by molar-refractivity contribution is 5.95. The van der Waals surface area contributed by atoms with E-state index in [9.17, 15) is 9.18 Å². The van der Waals surface area contributed by atoms with E-state index in [1.165, 1.54) is 30.3 Å². The Morgan fingerprint density at radius 3 is 2.60 bits per heavy atom. The van der Waals surface area contributed by atoms with Gasteiger partial charge in [0.05, 0.1) is 7.11 Å². The fourth-order valence-electron chi connectivity index (χ4n) is 4.95. The first kappa shape index (κ1) is 23.1. The fraction of sp³-hybridized carbons (Fsp3) is 0.286. The molecule has 6 nitrogen and oxygen atoms in total. The third kappa shape index (κ3) is 5.05. The van der Waals surface area contributed by atoms with Crippen LogP contribution in [0.4, 0.5) is 10.1 Å². The summed E-state index contributed by atoms with van der Waals surface area (Å²) < 4.78 is 19.5. The number of piperidine rings is 1. The lowest BCUT2D eigenvalue weighted by Gasteiger charge is -2.31. The number of carbonyl (C=O) groups is 1. The van der Waals surface area contributed by atoms with E-state index in [0.717, 1.165) is 60.3 Å². The van der Waals surface area contributed by atoms with Gasteiger partial charge in [-0.15, -0.1) is 0 Å². The van der Waals surface area contributed by atoms with Crippen LogP contribution in [-0.4, -0.2) is 41.0 Å². The fourth-order valence-corrected chi connectivity index (χ4v) is 4.95. The molecule has 1 aliphatic rings.